The molecule has 0 spiro atoms. The van der Waals surface area contributed by atoms with Gasteiger partial charge in [0.05, 0.1) is 11.4 Å². The van der Waals surface area contributed by atoms with E-state index in [1.54, 1.807) is 6.08 Å². The summed E-state index contributed by atoms with van der Waals surface area (Å²) in [6, 6.07) is 27.6. The van der Waals surface area contributed by atoms with Gasteiger partial charge in [-0.1, -0.05) is 92.7 Å². The van der Waals surface area contributed by atoms with Crippen LogP contribution in [0.25, 0.3) is 0 Å². The molecule has 0 aliphatic heterocycles. The lowest BCUT2D eigenvalue weighted by Gasteiger charge is -2.12. The normalized spacial score (nSPS) is 13.4. The quantitative estimate of drug-likeness (QED) is 0.272. The second-order valence-corrected chi connectivity index (χ2v) is 7.52. The number of hydrogen-bond donors (Lipinski definition) is 3. The molecule has 0 radical (unpaired) electrons. The zero-order chi connectivity index (χ0) is 24.2. The van der Waals surface area contributed by atoms with Crippen molar-refractivity contribution >= 4 is 22.9 Å². The van der Waals surface area contributed by atoms with Gasteiger partial charge in [0.2, 0.25) is 0 Å². The van der Waals surface area contributed by atoms with Crippen LogP contribution in [-0.4, -0.2) is 11.5 Å². The molecule has 0 saturated carbocycles. The van der Waals surface area contributed by atoms with E-state index < -0.39 is 0 Å². The number of anilines is 1. The third kappa shape index (κ3) is 6.91. The molecule has 0 unspecified atom stereocenters. The number of rotatable bonds is 6. The van der Waals surface area contributed by atoms with Crippen molar-refractivity contribution in [2.75, 3.05) is 5.32 Å². The Labute approximate surface area is 202 Å². The number of allylic oxidation sites excluding steroid dienone is 4. The number of nitrogens with one attached hydrogen (secondary N) is 2. The highest BCUT2D eigenvalue weighted by atomic mass is 15.0. The molecule has 0 saturated heterocycles. The summed E-state index contributed by atoms with van der Waals surface area (Å²) in [6.45, 7) is 4.00. The zero-order valence-corrected chi connectivity index (χ0v) is 19.8. The van der Waals surface area contributed by atoms with Gasteiger partial charge in [0, 0.05) is 16.9 Å². The number of benzene rings is 3. The van der Waals surface area contributed by atoms with E-state index in [-0.39, 0.29) is 0 Å². The van der Waals surface area contributed by atoms with Gasteiger partial charge in [-0.3, -0.25) is 0 Å². The van der Waals surface area contributed by atoms with Gasteiger partial charge in [-0.05, 0) is 54.3 Å². The van der Waals surface area contributed by atoms with Crippen LogP contribution in [0.2, 0.25) is 0 Å². The number of aliphatic imine (C=N–C) groups is 1. The van der Waals surface area contributed by atoms with Crippen LogP contribution in [0.3, 0.4) is 0 Å². The highest BCUT2D eigenvalue weighted by Gasteiger charge is 2.08. The van der Waals surface area contributed by atoms with E-state index in [9.17, 15) is 0 Å². The molecule has 4 heteroatoms. The minimum atomic E-state index is 0.381. The lowest BCUT2D eigenvalue weighted by molar-refractivity contribution is 1.02. The Balaban J connectivity index is 0.00000158. The van der Waals surface area contributed by atoms with Crippen molar-refractivity contribution in [1.82, 2.24) is 0 Å². The van der Waals surface area contributed by atoms with Gasteiger partial charge in [0.15, 0.2) is 0 Å². The Kier molecular flexibility index (Phi) is 9.18. The Morgan fingerprint density at radius 2 is 1.47 bits per heavy atom. The molecule has 0 bridgehead atoms. The monoisotopic (exact) mass is 448 g/mol. The Bertz CT molecular complexity index is 1190. The number of nitrogens with two attached hydrogens (primary N) is 1. The summed E-state index contributed by atoms with van der Waals surface area (Å²) in [5, 5.41) is 11.9. The van der Waals surface area contributed by atoms with Crippen LogP contribution < -0.4 is 11.1 Å². The van der Waals surface area contributed by atoms with Crippen molar-refractivity contribution in [2.24, 2.45) is 10.7 Å². The molecule has 1 aliphatic carbocycles. The van der Waals surface area contributed by atoms with E-state index in [0.29, 0.717) is 11.4 Å². The Hall–Kier alpha value is -4.18. The SMILES string of the molecule is CC.N=C(/C=C(\N)C1=CCCC=C1)c1ccc(C(=Nc2ccccc2)Nc2ccccc2)cc1. The fraction of sp³-hybridized carbons (Fsp3) is 0.133. The number of hydrogen-bond acceptors (Lipinski definition) is 3. The fourth-order valence-electron chi connectivity index (χ4n) is 3.41. The van der Waals surface area contributed by atoms with E-state index >= 15 is 0 Å². The fourth-order valence-corrected chi connectivity index (χ4v) is 3.41. The predicted molar refractivity (Wildman–Crippen MR) is 146 cm³/mol. The summed E-state index contributed by atoms with van der Waals surface area (Å²) < 4.78 is 0. The molecule has 4 nitrogen and oxygen atoms in total. The average Bonchev–Trinajstić information content (AvgIpc) is 2.91. The van der Waals surface area contributed by atoms with E-state index in [1.165, 1.54) is 0 Å². The first-order valence-corrected chi connectivity index (χ1v) is 11.7. The van der Waals surface area contributed by atoms with Gasteiger partial charge in [-0.15, -0.1) is 0 Å². The molecule has 0 amide bonds. The molecular formula is C30H32N4. The maximum absolute atomic E-state index is 8.46. The average molecular weight is 449 g/mol. The van der Waals surface area contributed by atoms with Gasteiger partial charge < -0.3 is 16.5 Å². The number of nitrogens with zero attached hydrogens (tertiary/aromatic N) is 1. The van der Waals surface area contributed by atoms with Gasteiger partial charge in [0.1, 0.15) is 5.84 Å². The highest BCUT2D eigenvalue weighted by molar-refractivity contribution is 6.11. The molecule has 0 aromatic heterocycles. The van der Waals surface area contributed by atoms with Crippen LogP contribution in [0.15, 0.2) is 125 Å². The lowest BCUT2D eigenvalue weighted by Crippen LogP contribution is -2.13. The number of para-hydroxylation sites is 2. The molecule has 0 atom stereocenters. The molecule has 3 aromatic carbocycles. The van der Waals surface area contributed by atoms with Crippen LogP contribution >= 0.6 is 0 Å². The molecule has 4 rings (SSSR count). The lowest BCUT2D eigenvalue weighted by atomic mass is 10.0. The Morgan fingerprint density at radius 1 is 0.853 bits per heavy atom. The predicted octanol–water partition coefficient (Wildman–Crippen LogP) is 7.39. The summed E-state index contributed by atoms with van der Waals surface area (Å²) >= 11 is 0. The summed E-state index contributed by atoms with van der Waals surface area (Å²) in [6.07, 6.45) is 10.00. The van der Waals surface area contributed by atoms with E-state index in [1.807, 2.05) is 105 Å². The first kappa shape index (κ1) is 24.5. The number of amidine groups is 1. The molecular weight excluding hydrogens is 416 g/mol. The maximum atomic E-state index is 8.46. The van der Waals surface area contributed by atoms with Gasteiger partial charge in [0.25, 0.3) is 0 Å². The molecule has 0 heterocycles. The van der Waals surface area contributed by atoms with E-state index in [0.717, 1.165) is 46.8 Å². The highest BCUT2D eigenvalue weighted by Crippen LogP contribution is 2.18. The molecule has 34 heavy (non-hydrogen) atoms. The van der Waals surface area contributed by atoms with E-state index in [2.05, 4.69) is 17.5 Å². The van der Waals surface area contributed by atoms with Gasteiger partial charge >= 0.3 is 0 Å². The van der Waals surface area contributed by atoms with E-state index in [4.69, 9.17) is 16.1 Å². The van der Waals surface area contributed by atoms with Crippen LogP contribution in [0.4, 0.5) is 11.4 Å². The van der Waals surface area contributed by atoms with Crippen LogP contribution in [0, 0.1) is 5.41 Å². The minimum Gasteiger partial charge on any atom is -0.398 e. The van der Waals surface area contributed by atoms with Crippen molar-refractivity contribution in [3.05, 3.63) is 132 Å². The molecule has 0 fully saturated rings. The molecule has 1 aliphatic rings. The van der Waals surface area contributed by atoms with Crippen molar-refractivity contribution in [3.63, 3.8) is 0 Å². The van der Waals surface area contributed by atoms with Crippen molar-refractivity contribution < 1.29 is 0 Å². The zero-order valence-electron chi connectivity index (χ0n) is 19.8. The summed E-state index contributed by atoms with van der Waals surface area (Å²) in [5.41, 5.74) is 11.8. The van der Waals surface area contributed by atoms with Crippen LogP contribution in [0.5, 0.6) is 0 Å². The summed E-state index contributed by atoms with van der Waals surface area (Å²) in [4.78, 5) is 4.81. The van der Waals surface area contributed by atoms with Crippen molar-refractivity contribution in [1.29, 1.82) is 5.41 Å². The maximum Gasteiger partial charge on any atom is 0.138 e. The van der Waals surface area contributed by atoms with Gasteiger partial charge in [-0.25, -0.2) is 4.99 Å². The third-order valence-corrected chi connectivity index (χ3v) is 5.13. The molecule has 4 N–H and O–H groups in total. The minimum absolute atomic E-state index is 0.381. The van der Waals surface area contributed by atoms with Crippen molar-refractivity contribution in [2.45, 2.75) is 26.7 Å². The first-order valence-electron chi connectivity index (χ1n) is 11.7. The standard InChI is InChI=1S/C28H26N4.C2H6/c29-26(21-10-4-1-5-11-21)20-27(30)22-16-18-23(19-17-22)28(31-24-12-6-2-7-13-24)32-25-14-8-3-9-15-25;1-2/h2-4,6-20,30H,1,5,29H2,(H,31,32);1-2H3/b26-20-,30-27?;. The van der Waals surface area contributed by atoms with Crippen LogP contribution in [0.1, 0.15) is 37.8 Å². The summed E-state index contributed by atoms with van der Waals surface area (Å²) in [7, 11) is 0. The topological polar surface area (TPSA) is 74.3 Å². The molecule has 172 valence electrons. The third-order valence-electron chi connectivity index (χ3n) is 5.13. The second-order valence-electron chi connectivity index (χ2n) is 7.52. The molecule has 3 aromatic rings. The second kappa shape index (κ2) is 12.8. The largest absolute Gasteiger partial charge is 0.398 e. The summed E-state index contributed by atoms with van der Waals surface area (Å²) in [5.74, 6) is 0.744. The van der Waals surface area contributed by atoms with Gasteiger partial charge in [-0.2, -0.15) is 0 Å². The smallest absolute Gasteiger partial charge is 0.138 e. The van der Waals surface area contributed by atoms with Crippen molar-refractivity contribution in [3.8, 4) is 0 Å². The Morgan fingerprint density at radius 3 is 2.09 bits per heavy atom. The van der Waals surface area contributed by atoms with Crippen LogP contribution in [-0.2, 0) is 0 Å². The first-order chi connectivity index (χ1) is 16.7.